The molecule has 0 atom stereocenters. The Balaban J connectivity index is 1.47. The molecule has 0 bridgehead atoms. The van der Waals surface area contributed by atoms with E-state index in [9.17, 15) is 4.79 Å². The summed E-state index contributed by atoms with van der Waals surface area (Å²) in [6.07, 6.45) is 3.13. The smallest absolute Gasteiger partial charge is 0.233 e. The number of hydrogen-bond acceptors (Lipinski definition) is 11. The Kier molecular flexibility index (Phi) is 12.1. The van der Waals surface area contributed by atoms with Gasteiger partial charge in [0.1, 0.15) is 0 Å². The topological polar surface area (TPSA) is 160 Å². The Hall–Kier alpha value is -3.06. The zero-order chi connectivity index (χ0) is 25.4. The third kappa shape index (κ3) is 9.90. The van der Waals surface area contributed by atoms with Crippen molar-refractivity contribution in [1.82, 2.24) is 20.3 Å². The van der Waals surface area contributed by atoms with Crippen LogP contribution in [0.5, 0.6) is 0 Å². The predicted molar refractivity (Wildman–Crippen MR) is 139 cm³/mol. The average molecular weight is 503 g/mol. The van der Waals surface area contributed by atoms with E-state index in [0.29, 0.717) is 70.3 Å². The molecule has 0 radical (unpaired) electrons. The number of amides is 1. The van der Waals surface area contributed by atoms with Crippen LogP contribution in [0.3, 0.4) is 0 Å². The van der Waals surface area contributed by atoms with Gasteiger partial charge in [-0.3, -0.25) is 4.79 Å². The van der Waals surface area contributed by atoms with Gasteiger partial charge in [-0.25, -0.2) is 0 Å². The quantitative estimate of drug-likeness (QED) is 0.193. The molecule has 3 rings (SSSR count). The van der Waals surface area contributed by atoms with Crippen molar-refractivity contribution in [1.29, 1.82) is 0 Å². The summed E-state index contributed by atoms with van der Waals surface area (Å²) < 4.78 is 10.6. The highest BCUT2D eigenvalue weighted by Gasteiger charge is 2.17. The summed E-state index contributed by atoms with van der Waals surface area (Å²) in [5.74, 6) is 1.49. The number of aromatic nitrogens is 3. The molecule has 0 unspecified atom stereocenters. The highest BCUT2D eigenvalue weighted by Crippen LogP contribution is 2.21. The third-order valence-corrected chi connectivity index (χ3v) is 5.41. The van der Waals surface area contributed by atoms with Crippen molar-refractivity contribution >= 4 is 29.4 Å². The van der Waals surface area contributed by atoms with Crippen molar-refractivity contribution in [3.8, 4) is 0 Å². The van der Waals surface area contributed by atoms with E-state index < -0.39 is 0 Å². The van der Waals surface area contributed by atoms with E-state index in [1.807, 2.05) is 24.3 Å². The predicted octanol–water partition coefficient (Wildman–Crippen LogP) is 0.660. The first kappa shape index (κ1) is 27.5. The monoisotopic (exact) mass is 502 g/mol. The number of aliphatic hydroxyl groups is 1. The number of rotatable bonds is 17. The van der Waals surface area contributed by atoms with Crippen LogP contribution in [0.15, 0.2) is 24.3 Å². The number of carbonyl (C=O) groups excluding carboxylic acids is 1. The van der Waals surface area contributed by atoms with Crippen LogP contribution >= 0.6 is 0 Å². The molecule has 0 saturated carbocycles. The number of ether oxygens (including phenoxy) is 2. The summed E-state index contributed by atoms with van der Waals surface area (Å²) in [5, 5.41) is 18.3. The van der Waals surface area contributed by atoms with Gasteiger partial charge in [-0.05, 0) is 37.0 Å². The van der Waals surface area contributed by atoms with Crippen LogP contribution in [-0.4, -0.2) is 91.7 Å². The average Bonchev–Trinajstić information content (AvgIpc) is 3.42. The van der Waals surface area contributed by atoms with Crippen LogP contribution in [0.25, 0.3) is 0 Å². The highest BCUT2D eigenvalue weighted by atomic mass is 16.5. The summed E-state index contributed by atoms with van der Waals surface area (Å²) in [5.41, 5.74) is 7.05. The first-order chi connectivity index (χ1) is 17.7. The molecule has 6 N–H and O–H groups in total. The zero-order valence-electron chi connectivity index (χ0n) is 20.7. The number of hydrogen-bond donors (Lipinski definition) is 5. The second kappa shape index (κ2) is 15.8. The minimum atomic E-state index is -0.0648. The van der Waals surface area contributed by atoms with E-state index in [4.69, 9.17) is 20.3 Å². The number of nitrogens with zero attached hydrogens (tertiary/aromatic N) is 4. The number of aliphatic hydroxyl groups excluding tert-OH is 1. The maximum absolute atomic E-state index is 12.2. The molecule has 12 nitrogen and oxygen atoms in total. The molecule has 1 aromatic heterocycles. The van der Waals surface area contributed by atoms with Crippen LogP contribution < -0.4 is 26.6 Å². The van der Waals surface area contributed by atoms with Crippen LogP contribution in [0, 0.1) is 0 Å². The molecular formula is C24H38N8O4. The van der Waals surface area contributed by atoms with E-state index in [1.165, 1.54) is 0 Å². The second-order valence-corrected chi connectivity index (χ2v) is 8.34. The van der Waals surface area contributed by atoms with Crippen LogP contribution in [0.4, 0.5) is 23.5 Å². The van der Waals surface area contributed by atoms with E-state index in [-0.39, 0.29) is 18.9 Å². The van der Waals surface area contributed by atoms with Crippen LogP contribution in [-0.2, 0) is 20.7 Å². The van der Waals surface area contributed by atoms with Gasteiger partial charge in [0, 0.05) is 45.0 Å². The highest BCUT2D eigenvalue weighted by molar-refractivity contribution is 5.78. The largest absolute Gasteiger partial charge is 0.396 e. The molecule has 2 heterocycles. The van der Waals surface area contributed by atoms with Gasteiger partial charge in [0.15, 0.2) is 0 Å². The molecule has 1 aliphatic heterocycles. The molecule has 0 aliphatic carbocycles. The maximum atomic E-state index is 12.2. The Bertz CT molecular complexity index is 909. The molecule has 1 aliphatic rings. The Morgan fingerprint density at radius 1 is 0.972 bits per heavy atom. The number of nitrogens with one attached hydrogen (secondary N) is 3. The first-order valence-corrected chi connectivity index (χ1v) is 12.5. The Morgan fingerprint density at radius 3 is 2.42 bits per heavy atom. The number of anilines is 4. The lowest BCUT2D eigenvalue weighted by Gasteiger charge is -2.17. The standard InChI is InChI=1S/C24H38N8O4/c25-8-14-35-16-17-36-15-10-26-21(34)18-19-4-6-20(7-5-19)28-23-29-22(27-9-3-13-33)30-24(31-23)32-11-1-2-12-32/h4-7,33H,1-3,8-18,25H2,(H,26,34)(H2,27,28,29,30,31). The molecule has 0 spiro atoms. The maximum Gasteiger partial charge on any atom is 0.233 e. The molecule has 2 aromatic rings. The molecule has 36 heavy (non-hydrogen) atoms. The SMILES string of the molecule is NCCOCCOCCNC(=O)Cc1ccc(Nc2nc(NCCCO)nc(N3CCCC3)n2)cc1. The summed E-state index contributed by atoms with van der Waals surface area (Å²) in [6, 6.07) is 7.59. The van der Waals surface area contributed by atoms with Crippen LogP contribution in [0.2, 0.25) is 0 Å². The van der Waals surface area contributed by atoms with Crippen LogP contribution in [0.1, 0.15) is 24.8 Å². The minimum absolute atomic E-state index is 0.0648. The van der Waals surface area contributed by atoms with Crippen molar-refractivity contribution in [2.75, 3.05) is 81.3 Å². The van der Waals surface area contributed by atoms with E-state index in [2.05, 4.69) is 35.8 Å². The molecule has 1 aromatic carbocycles. The lowest BCUT2D eigenvalue weighted by Crippen LogP contribution is -2.29. The lowest BCUT2D eigenvalue weighted by atomic mass is 10.1. The van der Waals surface area contributed by atoms with Crippen molar-refractivity contribution in [2.24, 2.45) is 5.73 Å². The van der Waals surface area contributed by atoms with Gasteiger partial charge in [-0.2, -0.15) is 15.0 Å². The molecule has 198 valence electrons. The summed E-state index contributed by atoms with van der Waals surface area (Å²) >= 11 is 0. The molecule has 1 amide bonds. The molecule has 1 saturated heterocycles. The van der Waals surface area contributed by atoms with E-state index in [0.717, 1.165) is 37.2 Å². The fraction of sp³-hybridized carbons (Fsp3) is 0.583. The minimum Gasteiger partial charge on any atom is -0.396 e. The van der Waals surface area contributed by atoms with Gasteiger partial charge in [0.05, 0.1) is 32.8 Å². The molecule has 1 fully saturated rings. The van der Waals surface area contributed by atoms with Gasteiger partial charge < -0.3 is 41.2 Å². The van der Waals surface area contributed by atoms with Crippen molar-refractivity contribution in [3.63, 3.8) is 0 Å². The van der Waals surface area contributed by atoms with E-state index in [1.54, 1.807) is 0 Å². The van der Waals surface area contributed by atoms with Gasteiger partial charge in [-0.1, -0.05) is 12.1 Å². The van der Waals surface area contributed by atoms with Gasteiger partial charge in [0.2, 0.25) is 23.8 Å². The Morgan fingerprint density at radius 2 is 1.69 bits per heavy atom. The van der Waals surface area contributed by atoms with Crippen molar-refractivity contribution in [2.45, 2.75) is 25.7 Å². The van der Waals surface area contributed by atoms with E-state index >= 15 is 0 Å². The van der Waals surface area contributed by atoms with Gasteiger partial charge in [-0.15, -0.1) is 0 Å². The fourth-order valence-electron chi connectivity index (χ4n) is 3.59. The molecule has 12 heteroatoms. The zero-order valence-corrected chi connectivity index (χ0v) is 20.7. The third-order valence-electron chi connectivity index (χ3n) is 5.41. The lowest BCUT2D eigenvalue weighted by molar-refractivity contribution is -0.120. The summed E-state index contributed by atoms with van der Waals surface area (Å²) in [7, 11) is 0. The number of nitrogens with two attached hydrogens (primary N) is 1. The van der Waals surface area contributed by atoms with Crippen molar-refractivity contribution < 1.29 is 19.4 Å². The summed E-state index contributed by atoms with van der Waals surface area (Å²) in [4.78, 5) is 27.9. The number of benzene rings is 1. The van der Waals surface area contributed by atoms with Gasteiger partial charge in [0.25, 0.3) is 0 Å². The number of carbonyl (C=O) groups is 1. The first-order valence-electron chi connectivity index (χ1n) is 12.5. The molecular weight excluding hydrogens is 464 g/mol. The van der Waals surface area contributed by atoms with Crippen molar-refractivity contribution in [3.05, 3.63) is 29.8 Å². The normalized spacial score (nSPS) is 13.1. The fourth-order valence-corrected chi connectivity index (χ4v) is 3.59. The second-order valence-electron chi connectivity index (χ2n) is 8.34. The Labute approximate surface area is 212 Å². The summed E-state index contributed by atoms with van der Waals surface area (Å²) in [6.45, 7) is 5.39. The van der Waals surface area contributed by atoms with Gasteiger partial charge >= 0.3 is 0 Å².